The van der Waals surface area contributed by atoms with Crippen molar-refractivity contribution in [3.63, 3.8) is 0 Å². The Balaban J connectivity index is 1.44. The van der Waals surface area contributed by atoms with Crippen LogP contribution >= 0.6 is 0 Å². The maximum atomic E-state index is 5.72. The molecule has 2 nitrogen and oxygen atoms in total. The van der Waals surface area contributed by atoms with Crippen LogP contribution in [0.4, 0.5) is 0 Å². The summed E-state index contributed by atoms with van der Waals surface area (Å²) in [4.78, 5) is 4.71. The van der Waals surface area contributed by atoms with Crippen molar-refractivity contribution >= 4 is 20.9 Å². The van der Waals surface area contributed by atoms with E-state index in [1.54, 1.807) is 0 Å². The molecular weight excluding hydrogens is 325 g/mol. The molecule has 1 atom stereocenters. The Labute approximate surface area is 132 Å². The molecule has 0 saturated carbocycles. The van der Waals surface area contributed by atoms with Crippen molar-refractivity contribution in [3.05, 3.63) is 71.8 Å². The monoisotopic (exact) mass is 345 g/mol. The summed E-state index contributed by atoms with van der Waals surface area (Å²) in [5.74, 6) is 0.816. The molecule has 0 aromatic heterocycles. The second kappa shape index (κ2) is 7.44. The summed E-state index contributed by atoms with van der Waals surface area (Å²) < 4.78 is 5.72. The zero-order valence-electron chi connectivity index (χ0n) is 11.9. The number of nitrogens with zero attached hydrogens (tertiary/aromatic N) is 1. The van der Waals surface area contributed by atoms with Gasteiger partial charge >= 0.3 is 132 Å². The molecule has 108 valence electrons. The van der Waals surface area contributed by atoms with Gasteiger partial charge in [-0.25, -0.2) is 0 Å². The number of hydrogen-bond donors (Lipinski definition) is 0. The summed E-state index contributed by atoms with van der Waals surface area (Å²) in [5, 5.41) is 2.48. The van der Waals surface area contributed by atoms with Gasteiger partial charge in [-0.05, 0) is 0 Å². The Morgan fingerprint density at radius 2 is 1.71 bits per heavy atom. The number of hydrogen-bond acceptors (Lipinski definition) is 2. The summed E-state index contributed by atoms with van der Waals surface area (Å²) in [6, 6.07) is 21.3. The van der Waals surface area contributed by atoms with Gasteiger partial charge in [-0.2, -0.15) is 0 Å². The van der Waals surface area contributed by atoms with Gasteiger partial charge in [0.15, 0.2) is 0 Å². The van der Waals surface area contributed by atoms with Gasteiger partial charge in [-0.15, -0.1) is 0 Å². The van der Waals surface area contributed by atoms with E-state index >= 15 is 0 Å². The molecule has 0 bridgehead atoms. The van der Waals surface area contributed by atoms with Crippen molar-refractivity contribution in [2.24, 2.45) is 4.99 Å². The Hall–Kier alpha value is -1.57. The first-order chi connectivity index (χ1) is 10.4. The predicted octanol–water partition coefficient (Wildman–Crippen LogP) is 3.54. The molecule has 3 heteroatoms. The molecule has 0 aliphatic carbocycles. The Kier molecular flexibility index (Phi) is 5.09. The number of benzene rings is 2. The zero-order chi connectivity index (χ0) is 14.3. The molecule has 21 heavy (non-hydrogen) atoms. The van der Waals surface area contributed by atoms with E-state index in [1.165, 1.54) is 16.2 Å². The van der Waals surface area contributed by atoms with Gasteiger partial charge in [0.2, 0.25) is 0 Å². The van der Waals surface area contributed by atoms with Crippen LogP contribution in [0.15, 0.2) is 65.7 Å². The molecule has 0 fully saturated rings. The summed E-state index contributed by atoms with van der Waals surface area (Å²) >= 11 is 0.659. The standard InChI is InChI=1S/C18H19NOSe/c1-3-7-15(8-4-1)14-21-12-11-17-13-20-18(19-17)16-9-5-2-6-10-16/h1-10,17H,11-14H2/t17-/m0/s1. The second-order valence-electron chi connectivity index (χ2n) is 5.09. The van der Waals surface area contributed by atoms with Crippen molar-refractivity contribution in [3.8, 4) is 0 Å². The Bertz CT molecular complexity index is 583. The first-order valence-electron chi connectivity index (χ1n) is 7.29. The Morgan fingerprint density at radius 1 is 1.00 bits per heavy atom. The molecule has 0 amide bonds. The van der Waals surface area contributed by atoms with E-state index in [4.69, 9.17) is 9.73 Å². The molecule has 0 radical (unpaired) electrons. The Morgan fingerprint density at radius 3 is 2.48 bits per heavy atom. The molecular formula is C18H19NOSe. The van der Waals surface area contributed by atoms with Gasteiger partial charge in [-0.1, -0.05) is 0 Å². The van der Waals surface area contributed by atoms with Gasteiger partial charge in [0.25, 0.3) is 0 Å². The zero-order valence-corrected chi connectivity index (χ0v) is 13.7. The molecule has 1 heterocycles. The summed E-state index contributed by atoms with van der Waals surface area (Å²) in [6.07, 6.45) is 1.14. The van der Waals surface area contributed by atoms with Crippen molar-refractivity contribution in [1.29, 1.82) is 0 Å². The average molecular weight is 344 g/mol. The van der Waals surface area contributed by atoms with Gasteiger partial charge in [-0.3, -0.25) is 0 Å². The first-order valence-corrected chi connectivity index (χ1v) is 9.72. The summed E-state index contributed by atoms with van der Waals surface area (Å²) in [7, 11) is 0. The van der Waals surface area contributed by atoms with E-state index < -0.39 is 0 Å². The van der Waals surface area contributed by atoms with Crippen LogP contribution in [0, 0.1) is 0 Å². The van der Waals surface area contributed by atoms with Crippen LogP contribution in [-0.4, -0.2) is 33.5 Å². The SMILES string of the molecule is c1ccc(C[Se]CC[C@H]2COC(c3ccccc3)=N2)cc1. The number of rotatable bonds is 6. The van der Waals surface area contributed by atoms with Crippen molar-refractivity contribution in [2.75, 3.05) is 6.61 Å². The van der Waals surface area contributed by atoms with E-state index in [9.17, 15) is 0 Å². The maximum absolute atomic E-state index is 5.72. The molecule has 0 saturated heterocycles. The average Bonchev–Trinajstić information content (AvgIpc) is 3.02. The van der Waals surface area contributed by atoms with E-state index in [1.807, 2.05) is 18.2 Å². The molecule has 2 aromatic rings. The van der Waals surface area contributed by atoms with Crippen molar-refractivity contribution in [1.82, 2.24) is 0 Å². The molecule has 0 N–H and O–H groups in total. The topological polar surface area (TPSA) is 21.6 Å². The molecule has 2 aromatic carbocycles. The van der Waals surface area contributed by atoms with Gasteiger partial charge in [0.1, 0.15) is 0 Å². The van der Waals surface area contributed by atoms with Crippen LogP contribution < -0.4 is 0 Å². The number of ether oxygens (including phenoxy) is 1. The third kappa shape index (κ3) is 4.20. The fourth-order valence-electron chi connectivity index (χ4n) is 2.29. The van der Waals surface area contributed by atoms with E-state index in [-0.39, 0.29) is 0 Å². The van der Waals surface area contributed by atoms with Crippen LogP contribution in [0.25, 0.3) is 0 Å². The fraction of sp³-hybridized carbons (Fsp3) is 0.278. The van der Waals surface area contributed by atoms with Crippen molar-refractivity contribution in [2.45, 2.75) is 23.1 Å². The van der Waals surface area contributed by atoms with E-state index in [2.05, 4.69) is 42.5 Å². The summed E-state index contributed by atoms with van der Waals surface area (Å²) in [5.41, 5.74) is 2.54. The third-order valence-corrected chi connectivity index (χ3v) is 5.67. The van der Waals surface area contributed by atoms with E-state index in [0.717, 1.165) is 24.5 Å². The second-order valence-corrected chi connectivity index (χ2v) is 7.41. The van der Waals surface area contributed by atoms with Crippen LogP contribution in [0.5, 0.6) is 0 Å². The molecule has 0 unspecified atom stereocenters. The minimum atomic E-state index is 0.345. The van der Waals surface area contributed by atoms with Crippen LogP contribution in [0.3, 0.4) is 0 Å². The van der Waals surface area contributed by atoms with E-state index in [0.29, 0.717) is 21.0 Å². The first kappa shape index (κ1) is 14.4. The van der Waals surface area contributed by atoms with Crippen LogP contribution in [0.2, 0.25) is 5.32 Å². The quantitative estimate of drug-likeness (QED) is 0.580. The number of aliphatic imine (C=N–C) groups is 1. The minimum absolute atomic E-state index is 0.345. The van der Waals surface area contributed by atoms with Crippen molar-refractivity contribution < 1.29 is 4.74 Å². The fourth-order valence-corrected chi connectivity index (χ4v) is 4.41. The third-order valence-electron chi connectivity index (χ3n) is 3.44. The molecule has 0 spiro atoms. The van der Waals surface area contributed by atoms with Gasteiger partial charge in [0.05, 0.1) is 0 Å². The van der Waals surface area contributed by atoms with Gasteiger partial charge < -0.3 is 0 Å². The summed E-state index contributed by atoms with van der Waals surface area (Å²) in [6.45, 7) is 0.742. The van der Waals surface area contributed by atoms with Crippen LogP contribution in [0.1, 0.15) is 17.5 Å². The normalized spacial score (nSPS) is 17.3. The predicted molar refractivity (Wildman–Crippen MR) is 88.0 cm³/mol. The molecule has 3 rings (SSSR count). The van der Waals surface area contributed by atoms with Crippen LogP contribution in [-0.2, 0) is 10.1 Å². The van der Waals surface area contributed by atoms with Gasteiger partial charge in [0, 0.05) is 0 Å². The molecule has 1 aliphatic heterocycles. The molecule has 1 aliphatic rings.